The number of allylic oxidation sites excluding steroid dienone is 1. The summed E-state index contributed by atoms with van der Waals surface area (Å²) < 4.78 is 17.0. The molecule has 0 atom stereocenters. The van der Waals surface area contributed by atoms with E-state index in [1.165, 1.54) is 0 Å². The van der Waals surface area contributed by atoms with Gasteiger partial charge in [0.1, 0.15) is 18.2 Å². The molecule has 0 radical (unpaired) electrons. The van der Waals surface area contributed by atoms with Crippen LogP contribution in [0.1, 0.15) is 33.5 Å². The van der Waals surface area contributed by atoms with Crippen molar-refractivity contribution < 1.29 is 19.0 Å². The molecule has 0 saturated carbocycles. The molecule has 2 heterocycles. The summed E-state index contributed by atoms with van der Waals surface area (Å²) in [7, 11) is 1.70. The van der Waals surface area contributed by atoms with Gasteiger partial charge in [0.05, 0.1) is 5.56 Å². The highest BCUT2D eigenvalue weighted by Gasteiger charge is 2.33. The van der Waals surface area contributed by atoms with Crippen LogP contribution in [0, 0.1) is 6.92 Å². The SMILES string of the molecule is COCCCN1COc2c(cc3c(c2C)O/C(=C\c2cccc(Cl)c2)C3=O)C1. The first-order chi connectivity index (χ1) is 13.6. The number of rotatable bonds is 5. The molecule has 0 N–H and O–H groups in total. The normalized spacial score (nSPS) is 17.2. The van der Waals surface area contributed by atoms with Crippen LogP contribution in [-0.2, 0) is 11.3 Å². The van der Waals surface area contributed by atoms with Crippen LogP contribution in [0.2, 0.25) is 5.02 Å². The summed E-state index contributed by atoms with van der Waals surface area (Å²) in [5.41, 5.74) is 3.30. The Morgan fingerprint density at radius 3 is 2.93 bits per heavy atom. The fraction of sp³-hybridized carbons (Fsp3) is 0.318. The standard InChI is InChI=1S/C22H22ClNO4/c1-14-21-16(12-24(13-27-21)7-4-8-26-2)11-18-20(25)19(28-22(14)18)10-15-5-3-6-17(23)9-15/h3,5-6,9-11H,4,7-8,12-13H2,1-2H3/b19-10-. The third-order valence-electron chi connectivity index (χ3n) is 4.97. The molecule has 0 fully saturated rings. The zero-order valence-corrected chi connectivity index (χ0v) is 16.7. The summed E-state index contributed by atoms with van der Waals surface area (Å²) in [4.78, 5) is 15.1. The number of ether oxygens (including phenoxy) is 3. The van der Waals surface area contributed by atoms with E-state index in [4.69, 9.17) is 25.8 Å². The number of Topliss-reactive ketones (excluding diaryl/α,β-unsaturated/α-hetero) is 1. The molecule has 0 aromatic heterocycles. The summed E-state index contributed by atoms with van der Waals surface area (Å²) in [6, 6.07) is 9.23. The third-order valence-corrected chi connectivity index (χ3v) is 5.21. The molecular weight excluding hydrogens is 378 g/mol. The van der Waals surface area contributed by atoms with Crippen LogP contribution in [0.4, 0.5) is 0 Å². The number of benzene rings is 2. The smallest absolute Gasteiger partial charge is 0.231 e. The van der Waals surface area contributed by atoms with Gasteiger partial charge in [0, 0.05) is 43.0 Å². The lowest BCUT2D eigenvalue weighted by molar-refractivity contribution is 0.0826. The molecule has 2 aromatic carbocycles. The van der Waals surface area contributed by atoms with Gasteiger partial charge < -0.3 is 14.2 Å². The first-order valence-electron chi connectivity index (χ1n) is 9.27. The number of halogens is 1. The van der Waals surface area contributed by atoms with Crippen LogP contribution >= 0.6 is 11.6 Å². The van der Waals surface area contributed by atoms with Crippen molar-refractivity contribution in [2.24, 2.45) is 0 Å². The summed E-state index contributed by atoms with van der Waals surface area (Å²) in [6.07, 6.45) is 2.66. The average molecular weight is 400 g/mol. The minimum atomic E-state index is -0.114. The fourth-order valence-corrected chi connectivity index (χ4v) is 3.82. The molecule has 2 aliphatic rings. The summed E-state index contributed by atoms with van der Waals surface area (Å²) >= 11 is 6.04. The van der Waals surface area contributed by atoms with E-state index < -0.39 is 0 Å². The maximum absolute atomic E-state index is 12.9. The quantitative estimate of drug-likeness (QED) is 0.549. The van der Waals surface area contributed by atoms with Gasteiger partial charge in [-0.15, -0.1) is 0 Å². The Kier molecular flexibility index (Phi) is 5.40. The zero-order valence-electron chi connectivity index (χ0n) is 16.0. The number of nitrogens with zero attached hydrogens (tertiary/aromatic N) is 1. The van der Waals surface area contributed by atoms with Gasteiger partial charge in [-0.1, -0.05) is 23.7 Å². The van der Waals surface area contributed by atoms with Crippen LogP contribution < -0.4 is 9.47 Å². The number of fused-ring (bicyclic) bond motifs is 2. The molecule has 6 heteroatoms. The number of methoxy groups -OCH3 is 1. The Morgan fingerprint density at radius 1 is 1.29 bits per heavy atom. The highest BCUT2D eigenvalue weighted by atomic mass is 35.5. The van der Waals surface area contributed by atoms with Gasteiger partial charge in [-0.2, -0.15) is 0 Å². The minimum absolute atomic E-state index is 0.114. The minimum Gasteiger partial charge on any atom is -0.477 e. The van der Waals surface area contributed by atoms with Crippen molar-refractivity contribution in [2.75, 3.05) is 27.0 Å². The Balaban J connectivity index is 1.61. The maximum atomic E-state index is 12.9. The van der Waals surface area contributed by atoms with Crippen molar-refractivity contribution in [1.82, 2.24) is 4.90 Å². The predicted octanol–water partition coefficient (Wildman–Crippen LogP) is 4.45. The Bertz CT molecular complexity index is 954. The lowest BCUT2D eigenvalue weighted by Crippen LogP contribution is -2.33. The van der Waals surface area contributed by atoms with Crippen LogP contribution in [0.3, 0.4) is 0 Å². The van der Waals surface area contributed by atoms with Crippen molar-refractivity contribution in [3.8, 4) is 11.5 Å². The number of ketones is 1. The molecule has 5 nitrogen and oxygen atoms in total. The molecule has 0 spiro atoms. The molecule has 4 rings (SSSR count). The molecule has 0 bridgehead atoms. The molecule has 2 aliphatic heterocycles. The molecule has 0 unspecified atom stereocenters. The molecule has 0 saturated heterocycles. The topological polar surface area (TPSA) is 48.0 Å². The molecule has 0 amide bonds. The van der Waals surface area contributed by atoms with Gasteiger partial charge in [-0.25, -0.2) is 0 Å². The molecule has 146 valence electrons. The number of carbonyl (C=O) groups is 1. The van der Waals surface area contributed by atoms with Gasteiger partial charge in [-0.3, -0.25) is 9.69 Å². The van der Waals surface area contributed by atoms with Gasteiger partial charge in [0.2, 0.25) is 5.78 Å². The van der Waals surface area contributed by atoms with Crippen molar-refractivity contribution in [3.63, 3.8) is 0 Å². The largest absolute Gasteiger partial charge is 0.477 e. The number of hydrogen-bond donors (Lipinski definition) is 0. The van der Waals surface area contributed by atoms with E-state index in [2.05, 4.69) is 4.90 Å². The number of hydrogen-bond acceptors (Lipinski definition) is 5. The van der Waals surface area contributed by atoms with E-state index in [9.17, 15) is 4.79 Å². The second-order valence-corrected chi connectivity index (χ2v) is 7.47. The summed E-state index contributed by atoms with van der Waals surface area (Å²) in [5, 5.41) is 0.617. The van der Waals surface area contributed by atoms with Gasteiger partial charge in [-0.05, 0) is 43.2 Å². The summed E-state index contributed by atoms with van der Waals surface area (Å²) in [6.45, 7) is 4.81. The third kappa shape index (κ3) is 3.65. The second kappa shape index (κ2) is 7.95. The average Bonchev–Trinajstić information content (AvgIpc) is 2.98. The Hall–Kier alpha value is -2.34. The van der Waals surface area contributed by atoms with Crippen molar-refractivity contribution in [2.45, 2.75) is 19.9 Å². The predicted molar refractivity (Wildman–Crippen MR) is 108 cm³/mol. The van der Waals surface area contributed by atoms with E-state index in [0.717, 1.165) is 48.6 Å². The molecule has 0 aliphatic carbocycles. The van der Waals surface area contributed by atoms with Crippen LogP contribution in [0.5, 0.6) is 11.5 Å². The van der Waals surface area contributed by atoms with E-state index in [0.29, 0.717) is 28.8 Å². The monoisotopic (exact) mass is 399 g/mol. The van der Waals surface area contributed by atoms with E-state index in [1.54, 1.807) is 25.3 Å². The Labute approximate surface area is 169 Å². The van der Waals surface area contributed by atoms with Gasteiger partial charge in [0.15, 0.2) is 5.76 Å². The van der Waals surface area contributed by atoms with Crippen molar-refractivity contribution in [1.29, 1.82) is 0 Å². The Morgan fingerprint density at radius 2 is 2.14 bits per heavy atom. The first kappa shape index (κ1) is 19.0. The van der Waals surface area contributed by atoms with E-state index >= 15 is 0 Å². The van der Waals surface area contributed by atoms with Crippen molar-refractivity contribution >= 4 is 23.5 Å². The molecular formula is C22H22ClNO4. The maximum Gasteiger partial charge on any atom is 0.231 e. The van der Waals surface area contributed by atoms with Crippen molar-refractivity contribution in [3.05, 3.63) is 63.4 Å². The summed E-state index contributed by atoms with van der Waals surface area (Å²) in [5.74, 6) is 1.60. The van der Waals surface area contributed by atoms with Gasteiger partial charge >= 0.3 is 0 Å². The zero-order chi connectivity index (χ0) is 19.7. The highest BCUT2D eigenvalue weighted by molar-refractivity contribution is 6.30. The van der Waals surface area contributed by atoms with E-state index in [-0.39, 0.29) is 5.78 Å². The number of carbonyl (C=O) groups excluding carboxylic acids is 1. The lowest BCUT2D eigenvalue weighted by atomic mass is 10.00. The van der Waals surface area contributed by atoms with E-state index in [1.807, 2.05) is 25.1 Å². The van der Waals surface area contributed by atoms with Gasteiger partial charge in [0.25, 0.3) is 0 Å². The van der Waals surface area contributed by atoms with Crippen LogP contribution in [0.25, 0.3) is 6.08 Å². The fourth-order valence-electron chi connectivity index (χ4n) is 3.62. The van der Waals surface area contributed by atoms with Crippen LogP contribution in [0.15, 0.2) is 36.1 Å². The first-order valence-corrected chi connectivity index (χ1v) is 9.65. The molecule has 28 heavy (non-hydrogen) atoms. The van der Waals surface area contributed by atoms with Crippen LogP contribution in [-0.4, -0.2) is 37.7 Å². The lowest BCUT2D eigenvalue weighted by Gasteiger charge is -2.30. The second-order valence-electron chi connectivity index (χ2n) is 7.03. The highest BCUT2D eigenvalue weighted by Crippen LogP contribution is 2.43. The molecule has 2 aromatic rings.